The third-order valence-corrected chi connectivity index (χ3v) is 8.76. The molecule has 2 N–H and O–H groups in total. The van der Waals surface area contributed by atoms with E-state index in [0.29, 0.717) is 16.5 Å². The topological polar surface area (TPSA) is 58.2 Å². The van der Waals surface area contributed by atoms with Crippen molar-refractivity contribution in [3.05, 3.63) is 99.6 Å². The molecular weight excluding hydrogens is 440 g/mol. The summed E-state index contributed by atoms with van der Waals surface area (Å²) in [5, 5.41) is 3.78. The van der Waals surface area contributed by atoms with Gasteiger partial charge in [-0.15, -0.1) is 0 Å². The minimum absolute atomic E-state index is 0.191. The van der Waals surface area contributed by atoms with Gasteiger partial charge in [-0.2, -0.15) is 0 Å². The Balaban J connectivity index is 1.53. The van der Waals surface area contributed by atoms with Crippen LogP contribution >= 0.6 is 0 Å². The minimum atomic E-state index is -3.71. The Labute approximate surface area is 203 Å². The summed E-state index contributed by atoms with van der Waals surface area (Å²) in [6, 6.07) is 16.0. The maximum atomic E-state index is 13.3. The number of nitrogens with one attached hydrogen (secondary N) is 2. The molecule has 3 unspecified atom stereocenters. The van der Waals surface area contributed by atoms with Crippen molar-refractivity contribution >= 4 is 21.4 Å². The summed E-state index contributed by atoms with van der Waals surface area (Å²) in [5.41, 5.74) is 9.81. The van der Waals surface area contributed by atoms with E-state index >= 15 is 0 Å². The second-order valence-corrected chi connectivity index (χ2v) is 11.6. The molecule has 4 nitrogen and oxygen atoms in total. The van der Waals surface area contributed by atoms with E-state index in [-0.39, 0.29) is 12.0 Å². The van der Waals surface area contributed by atoms with Crippen LogP contribution in [0.3, 0.4) is 0 Å². The highest BCUT2D eigenvalue weighted by Gasteiger charge is 2.39. The summed E-state index contributed by atoms with van der Waals surface area (Å²) in [6.45, 7) is 10.4. The Bertz CT molecular complexity index is 1380. The lowest BCUT2D eigenvalue weighted by Gasteiger charge is -2.39. The van der Waals surface area contributed by atoms with E-state index in [0.717, 1.165) is 28.8 Å². The van der Waals surface area contributed by atoms with E-state index in [1.165, 1.54) is 22.3 Å². The van der Waals surface area contributed by atoms with E-state index in [2.05, 4.69) is 55.1 Å². The van der Waals surface area contributed by atoms with Gasteiger partial charge in [0.1, 0.15) is 0 Å². The summed E-state index contributed by atoms with van der Waals surface area (Å²) in [6.07, 6.45) is 5.48. The van der Waals surface area contributed by atoms with Crippen molar-refractivity contribution in [2.75, 3.05) is 10.0 Å². The Kier molecular flexibility index (Phi) is 5.56. The summed E-state index contributed by atoms with van der Waals surface area (Å²) in [5.74, 6) is 0.550. The van der Waals surface area contributed by atoms with Crippen molar-refractivity contribution in [2.24, 2.45) is 5.92 Å². The fourth-order valence-electron chi connectivity index (χ4n) is 5.88. The predicted octanol–water partition coefficient (Wildman–Crippen LogP) is 6.86. The van der Waals surface area contributed by atoms with Crippen LogP contribution in [0.5, 0.6) is 0 Å². The molecular formula is C29H32N2O2S. The first-order valence-electron chi connectivity index (χ1n) is 11.9. The van der Waals surface area contributed by atoms with Gasteiger partial charge in [0, 0.05) is 11.6 Å². The fourth-order valence-corrected chi connectivity index (χ4v) is 7.11. The Morgan fingerprint density at radius 3 is 2.24 bits per heavy atom. The molecule has 176 valence electrons. The van der Waals surface area contributed by atoms with Gasteiger partial charge in [0.15, 0.2) is 0 Å². The van der Waals surface area contributed by atoms with E-state index in [1.807, 2.05) is 44.2 Å². The monoisotopic (exact) mass is 472 g/mol. The first-order valence-corrected chi connectivity index (χ1v) is 13.4. The average Bonchev–Trinajstić information content (AvgIpc) is 3.26. The highest BCUT2D eigenvalue weighted by atomic mass is 32.2. The molecule has 3 aromatic rings. The van der Waals surface area contributed by atoms with E-state index in [9.17, 15) is 8.42 Å². The SMILES string of the molecule is Cc1cc(C)c(C2Nc3ccc(S(=O)(=O)Nc4c(C)cccc4C)cc3C3C=CCC32)c(C)c1. The number of rotatable bonds is 4. The molecule has 0 radical (unpaired) electrons. The lowest BCUT2D eigenvalue weighted by atomic mass is 9.75. The molecule has 0 saturated heterocycles. The molecule has 0 aromatic heterocycles. The van der Waals surface area contributed by atoms with Gasteiger partial charge in [-0.25, -0.2) is 8.42 Å². The molecule has 1 heterocycles. The highest BCUT2D eigenvalue weighted by molar-refractivity contribution is 7.92. The normalized spacial score (nSPS) is 21.0. The molecule has 3 aromatic carbocycles. The van der Waals surface area contributed by atoms with Crippen molar-refractivity contribution in [3.8, 4) is 0 Å². The first-order chi connectivity index (χ1) is 16.2. The molecule has 0 bridgehead atoms. The summed E-state index contributed by atoms with van der Waals surface area (Å²) >= 11 is 0. The Hall–Kier alpha value is -3.05. The quantitative estimate of drug-likeness (QED) is 0.408. The van der Waals surface area contributed by atoms with Gasteiger partial charge < -0.3 is 5.32 Å². The number of hydrogen-bond acceptors (Lipinski definition) is 3. The Morgan fingerprint density at radius 1 is 0.882 bits per heavy atom. The molecule has 5 heteroatoms. The minimum Gasteiger partial charge on any atom is -0.378 e. The number of allylic oxidation sites excluding steroid dienone is 2. The van der Waals surface area contributed by atoms with Crippen molar-refractivity contribution in [1.82, 2.24) is 0 Å². The largest absolute Gasteiger partial charge is 0.378 e. The smallest absolute Gasteiger partial charge is 0.261 e. The lowest BCUT2D eigenvalue weighted by Crippen LogP contribution is -2.30. The van der Waals surface area contributed by atoms with Crippen LogP contribution in [-0.2, 0) is 10.0 Å². The third kappa shape index (κ3) is 3.82. The predicted molar refractivity (Wildman–Crippen MR) is 140 cm³/mol. The zero-order valence-electron chi connectivity index (χ0n) is 20.4. The summed E-state index contributed by atoms with van der Waals surface area (Å²) < 4.78 is 29.5. The van der Waals surface area contributed by atoms with Crippen molar-refractivity contribution in [1.29, 1.82) is 0 Å². The zero-order valence-corrected chi connectivity index (χ0v) is 21.3. The van der Waals surface area contributed by atoms with Crippen molar-refractivity contribution < 1.29 is 8.42 Å². The molecule has 0 fully saturated rings. The standard InChI is InChI=1S/C29H32N2O2S/c1-17-14-20(4)27(21(5)15-17)29-24-11-7-10-23(24)25-16-22(12-13-26(25)30-29)34(32,33)31-28-18(2)8-6-9-19(28)3/h6-10,12-16,23-24,29-31H,11H2,1-5H3. The van der Waals surface area contributed by atoms with Crippen LogP contribution in [0.2, 0.25) is 0 Å². The molecule has 3 atom stereocenters. The molecule has 0 amide bonds. The van der Waals surface area contributed by atoms with E-state index in [1.54, 1.807) is 6.07 Å². The van der Waals surface area contributed by atoms with E-state index in [4.69, 9.17) is 0 Å². The maximum Gasteiger partial charge on any atom is 0.261 e. The zero-order chi connectivity index (χ0) is 24.2. The maximum absolute atomic E-state index is 13.3. The van der Waals surface area contributed by atoms with Crippen molar-refractivity contribution in [3.63, 3.8) is 0 Å². The summed E-state index contributed by atoms with van der Waals surface area (Å²) in [7, 11) is -3.71. The van der Waals surface area contributed by atoms with Crippen LogP contribution in [0.25, 0.3) is 0 Å². The molecule has 0 saturated carbocycles. The van der Waals surface area contributed by atoms with E-state index < -0.39 is 10.0 Å². The second-order valence-electron chi connectivity index (χ2n) is 9.91. The second kappa shape index (κ2) is 8.31. The average molecular weight is 473 g/mol. The van der Waals surface area contributed by atoms with Gasteiger partial charge in [0.2, 0.25) is 0 Å². The van der Waals surface area contributed by atoms with Gasteiger partial charge in [-0.1, -0.05) is 48.0 Å². The molecule has 1 aliphatic carbocycles. The van der Waals surface area contributed by atoms with Gasteiger partial charge >= 0.3 is 0 Å². The third-order valence-electron chi connectivity index (χ3n) is 7.41. The van der Waals surface area contributed by atoms with Crippen LogP contribution in [0.4, 0.5) is 11.4 Å². The van der Waals surface area contributed by atoms with Crippen LogP contribution in [0, 0.1) is 40.5 Å². The molecule has 34 heavy (non-hydrogen) atoms. The molecule has 2 aliphatic rings. The summed E-state index contributed by atoms with van der Waals surface area (Å²) in [4.78, 5) is 0.302. The Morgan fingerprint density at radius 2 is 1.56 bits per heavy atom. The number of aryl methyl sites for hydroxylation is 5. The number of sulfonamides is 1. The van der Waals surface area contributed by atoms with Gasteiger partial charge in [-0.3, -0.25) is 4.72 Å². The number of hydrogen-bond donors (Lipinski definition) is 2. The van der Waals surface area contributed by atoms with Crippen molar-refractivity contribution in [2.45, 2.75) is 57.9 Å². The molecule has 0 spiro atoms. The van der Waals surface area contributed by atoms with Crippen LogP contribution in [-0.4, -0.2) is 8.42 Å². The number of fused-ring (bicyclic) bond motifs is 3. The van der Waals surface area contributed by atoms with Gasteiger partial charge in [-0.05, 0) is 98.5 Å². The number of para-hydroxylation sites is 1. The lowest BCUT2D eigenvalue weighted by molar-refractivity contribution is 0.422. The number of benzene rings is 3. The molecule has 1 aliphatic heterocycles. The van der Waals surface area contributed by atoms with Gasteiger partial charge in [0.25, 0.3) is 10.0 Å². The highest BCUT2D eigenvalue weighted by Crippen LogP contribution is 2.51. The van der Waals surface area contributed by atoms with Crippen LogP contribution < -0.4 is 10.0 Å². The van der Waals surface area contributed by atoms with Crippen LogP contribution in [0.1, 0.15) is 57.3 Å². The molecule has 5 rings (SSSR count). The fraction of sp³-hybridized carbons (Fsp3) is 0.310. The number of anilines is 2. The van der Waals surface area contributed by atoms with Gasteiger partial charge in [0.05, 0.1) is 16.6 Å². The first kappa shape index (κ1) is 22.7. The van der Waals surface area contributed by atoms with Crippen LogP contribution in [0.15, 0.2) is 65.6 Å².